The summed E-state index contributed by atoms with van der Waals surface area (Å²) in [6.07, 6.45) is 6.32. The second-order valence-electron chi connectivity index (χ2n) is 8.24. The largest absolute Gasteiger partial charge is 0.266 e. The molecule has 1 fully saturated rings. The summed E-state index contributed by atoms with van der Waals surface area (Å²) in [6, 6.07) is 13.8. The summed E-state index contributed by atoms with van der Waals surface area (Å²) in [6.45, 7) is 1.98. The van der Waals surface area contributed by atoms with Crippen molar-refractivity contribution in [3.8, 4) is 23.3 Å². The number of rotatable bonds is 4. The molecule has 1 aromatic carbocycles. The van der Waals surface area contributed by atoms with E-state index in [0.717, 1.165) is 26.6 Å². The van der Waals surface area contributed by atoms with Crippen LogP contribution in [0.4, 0.5) is 0 Å². The summed E-state index contributed by atoms with van der Waals surface area (Å²) >= 11 is 1.42. The van der Waals surface area contributed by atoms with Crippen LogP contribution in [0.15, 0.2) is 58.7 Å². The molecule has 0 unspecified atom stereocenters. The SMILES string of the molecule is Cc1c(-c2cc(Sc3ccccc3C#N)c3c(C#N)cnn3c2)cnn1C1CCS(=O)(=O)CC1. The predicted octanol–water partition coefficient (Wildman–Crippen LogP) is 4.15. The molecular formula is C24H20N6O2S2. The maximum absolute atomic E-state index is 11.8. The van der Waals surface area contributed by atoms with Crippen LogP contribution in [0.5, 0.6) is 0 Å². The number of sulfone groups is 1. The lowest BCUT2D eigenvalue weighted by molar-refractivity contribution is 0.406. The van der Waals surface area contributed by atoms with E-state index in [1.54, 1.807) is 16.8 Å². The Bertz CT molecular complexity index is 1590. The first kappa shape index (κ1) is 22.2. The van der Waals surface area contributed by atoms with Gasteiger partial charge in [0.1, 0.15) is 22.0 Å². The van der Waals surface area contributed by atoms with Crippen LogP contribution in [0.25, 0.3) is 16.6 Å². The lowest BCUT2D eigenvalue weighted by Crippen LogP contribution is -2.26. The van der Waals surface area contributed by atoms with Crippen molar-refractivity contribution in [2.24, 2.45) is 0 Å². The minimum atomic E-state index is -2.95. The fourth-order valence-corrected chi connectivity index (χ4v) is 6.91. The number of hydrogen-bond acceptors (Lipinski definition) is 7. The van der Waals surface area contributed by atoms with E-state index >= 15 is 0 Å². The summed E-state index contributed by atoms with van der Waals surface area (Å²) in [5, 5.41) is 28.1. The molecule has 10 heteroatoms. The highest BCUT2D eigenvalue weighted by Crippen LogP contribution is 2.38. The lowest BCUT2D eigenvalue weighted by Gasteiger charge is -2.23. The van der Waals surface area contributed by atoms with Crippen molar-refractivity contribution in [3.05, 3.63) is 65.7 Å². The van der Waals surface area contributed by atoms with E-state index in [4.69, 9.17) is 0 Å². The van der Waals surface area contributed by atoms with Crippen LogP contribution >= 0.6 is 11.8 Å². The molecule has 34 heavy (non-hydrogen) atoms. The molecule has 0 amide bonds. The molecule has 0 bridgehead atoms. The van der Waals surface area contributed by atoms with Crippen LogP contribution in [0.3, 0.4) is 0 Å². The molecule has 0 N–H and O–H groups in total. The second-order valence-corrected chi connectivity index (χ2v) is 11.6. The minimum absolute atomic E-state index is 0.0484. The molecule has 0 radical (unpaired) electrons. The van der Waals surface area contributed by atoms with Gasteiger partial charge < -0.3 is 0 Å². The fraction of sp³-hybridized carbons (Fsp3) is 0.250. The van der Waals surface area contributed by atoms with Crippen LogP contribution in [0.2, 0.25) is 0 Å². The minimum Gasteiger partial charge on any atom is -0.266 e. The number of pyridine rings is 1. The summed E-state index contributed by atoms with van der Waals surface area (Å²) < 4.78 is 27.3. The molecule has 1 aliphatic rings. The van der Waals surface area contributed by atoms with Crippen molar-refractivity contribution >= 4 is 27.1 Å². The highest BCUT2D eigenvalue weighted by molar-refractivity contribution is 7.99. The average Bonchev–Trinajstić information content (AvgIpc) is 3.43. The third-order valence-corrected chi connectivity index (χ3v) is 8.97. The van der Waals surface area contributed by atoms with Gasteiger partial charge in [-0.1, -0.05) is 23.9 Å². The molecule has 8 nitrogen and oxygen atoms in total. The molecule has 170 valence electrons. The Morgan fingerprint density at radius 3 is 2.50 bits per heavy atom. The molecule has 0 atom stereocenters. The molecule has 1 saturated heterocycles. The molecule has 4 aromatic rings. The number of nitrogens with zero attached hydrogens (tertiary/aromatic N) is 6. The summed E-state index contributed by atoms with van der Waals surface area (Å²) in [4.78, 5) is 1.61. The van der Waals surface area contributed by atoms with Gasteiger partial charge in [0.05, 0.1) is 46.6 Å². The Balaban J connectivity index is 1.59. The van der Waals surface area contributed by atoms with Crippen LogP contribution in [-0.4, -0.2) is 39.3 Å². The summed E-state index contributed by atoms with van der Waals surface area (Å²) in [5.74, 6) is 0.364. The van der Waals surface area contributed by atoms with Crippen molar-refractivity contribution in [1.29, 1.82) is 10.5 Å². The van der Waals surface area contributed by atoms with Crippen molar-refractivity contribution in [3.63, 3.8) is 0 Å². The van der Waals surface area contributed by atoms with Crippen LogP contribution in [0.1, 0.15) is 35.7 Å². The third kappa shape index (κ3) is 3.96. The van der Waals surface area contributed by atoms with Crippen molar-refractivity contribution in [2.45, 2.75) is 35.6 Å². The number of hydrogen-bond donors (Lipinski definition) is 0. The van der Waals surface area contributed by atoms with E-state index < -0.39 is 9.84 Å². The molecule has 0 aliphatic carbocycles. The normalized spacial score (nSPS) is 15.7. The Morgan fingerprint density at radius 2 is 1.76 bits per heavy atom. The third-order valence-electron chi connectivity index (χ3n) is 6.15. The highest BCUT2D eigenvalue weighted by atomic mass is 32.2. The fourth-order valence-electron chi connectivity index (χ4n) is 4.35. The quantitative estimate of drug-likeness (QED) is 0.423. The van der Waals surface area contributed by atoms with Gasteiger partial charge in [-0.25, -0.2) is 12.9 Å². The zero-order valence-electron chi connectivity index (χ0n) is 18.3. The molecule has 5 rings (SSSR count). The number of fused-ring (bicyclic) bond motifs is 1. The van der Waals surface area contributed by atoms with Crippen LogP contribution < -0.4 is 0 Å². The van der Waals surface area contributed by atoms with E-state index in [0.29, 0.717) is 29.5 Å². The predicted molar refractivity (Wildman–Crippen MR) is 128 cm³/mol. The molecular weight excluding hydrogens is 468 g/mol. The van der Waals surface area contributed by atoms with E-state index in [2.05, 4.69) is 22.3 Å². The Labute approximate surface area is 201 Å². The van der Waals surface area contributed by atoms with E-state index in [-0.39, 0.29) is 17.5 Å². The summed E-state index contributed by atoms with van der Waals surface area (Å²) in [5.41, 5.74) is 4.45. The second kappa shape index (κ2) is 8.64. The lowest BCUT2D eigenvalue weighted by atomic mass is 10.1. The zero-order chi connectivity index (χ0) is 23.9. The van der Waals surface area contributed by atoms with Gasteiger partial charge >= 0.3 is 0 Å². The van der Waals surface area contributed by atoms with Gasteiger partial charge in [0.15, 0.2) is 0 Å². The first-order valence-corrected chi connectivity index (χ1v) is 13.4. The Morgan fingerprint density at radius 1 is 1.03 bits per heavy atom. The first-order valence-electron chi connectivity index (χ1n) is 10.7. The molecule has 0 spiro atoms. The zero-order valence-corrected chi connectivity index (χ0v) is 20.0. The monoisotopic (exact) mass is 488 g/mol. The van der Waals surface area contributed by atoms with Gasteiger partial charge in [-0.15, -0.1) is 0 Å². The highest BCUT2D eigenvalue weighted by Gasteiger charge is 2.27. The average molecular weight is 489 g/mol. The smallest absolute Gasteiger partial charge is 0.150 e. The Hall–Kier alpha value is -3.60. The molecule has 0 saturated carbocycles. The van der Waals surface area contributed by atoms with Gasteiger partial charge in [0.25, 0.3) is 0 Å². The molecule has 3 aromatic heterocycles. The van der Waals surface area contributed by atoms with Crippen molar-refractivity contribution in [1.82, 2.24) is 19.4 Å². The maximum Gasteiger partial charge on any atom is 0.150 e. The molecule has 1 aliphatic heterocycles. The standard InChI is InChI=1S/C24H20N6O2S2/c1-16-21(14-28-30(16)20-6-8-34(31,32)9-7-20)18-10-23(24-19(12-26)13-27-29(24)15-18)33-22-5-3-2-4-17(22)11-25/h2-5,10,13-15,20H,6-9H2,1H3. The maximum atomic E-state index is 11.8. The van der Waals surface area contributed by atoms with Gasteiger partial charge in [-0.2, -0.15) is 20.7 Å². The van der Waals surface area contributed by atoms with Crippen LogP contribution in [-0.2, 0) is 9.84 Å². The van der Waals surface area contributed by atoms with Crippen molar-refractivity contribution < 1.29 is 8.42 Å². The van der Waals surface area contributed by atoms with Crippen molar-refractivity contribution in [2.75, 3.05) is 11.5 Å². The van der Waals surface area contributed by atoms with E-state index in [1.165, 1.54) is 18.0 Å². The van der Waals surface area contributed by atoms with Gasteiger partial charge in [-0.3, -0.25) is 4.68 Å². The van der Waals surface area contributed by atoms with Gasteiger partial charge in [0.2, 0.25) is 0 Å². The first-order chi connectivity index (χ1) is 16.4. The number of benzene rings is 1. The van der Waals surface area contributed by atoms with E-state index in [1.807, 2.05) is 42.1 Å². The van der Waals surface area contributed by atoms with E-state index in [9.17, 15) is 18.9 Å². The van der Waals surface area contributed by atoms with Crippen LogP contribution in [0, 0.1) is 29.6 Å². The summed E-state index contributed by atoms with van der Waals surface area (Å²) in [7, 11) is -2.95. The van der Waals surface area contributed by atoms with Gasteiger partial charge in [0, 0.05) is 32.8 Å². The number of nitriles is 2. The Kier molecular flexibility index (Phi) is 5.64. The topological polar surface area (TPSA) is 117 Å². The number of aromatic nitrogens is 4. The molecule has 4 heterocycles. The van der Waals surface area contributed by atoms with Gasteiger partial charge in [-0.05, 0) is 38.0 Å².